The van der Waals surface area contributed by atoms with Gasteiger partial charge in [0.15, 0.2) is 0 Å². The zero-order chi connectivity index (χ0) is 18.3. The van der Waals surface area contributed by atoms with Crippen LogP contribution in [0.25, 0.3) is 5.57 Å². The Labute approximate surface area is 151 Å². The van der Waals surface area contributed by atoms with E-state index in [9.17, 15) is 15.0 Å². The number of quaternary nitrogens is 1. The Kier molecular flexibility index (Phi) is 3.87. The van der Waals surface area contributed by atoms with Gasteiger partial charge in [-0.3, -0.25) is 0 Å². The highest BCUT2D eigenvalue weighted by molar-refractivity contribution is 6.18. The van der Waals surface area contributed by atoms with E-state index >= 15 is 0 Å². The maximum atomic E-state index is 13.3. The van der Waals surface area contributed by atoms with Crippen molar-refractivity contribution in [2.75, 3.05) is 6.54 Å². The van der Waals surface area contributed by atoms with Crippen molar-refractivity contribution in [2.45, 2.75) is 25.1 Å². The number of carbonyl (C=O) groups is 1. The molecular weight excluding hydrogens is 328 g/mol. The van der Waals surface area contributed by atoms with E-state index in [4.69, 9.17) is 5.26 Å². The van der Waals surface area contributed by atoms with Crippen LogP contribution >= 0.6 is 0 Å². The van der Waals surface area contributed by atoms with Gasteiger partial charge in [0.25, 0.3) is 0 Å². The first-order valence-electron chi connectivity index (χ1n) is 8.60. The van der Waals surface area contributed by atoms with Gasteiger partial charge in [-0.25, -0.2) is 9.28 Å². The second-order valence-electron chi connectivity index (χ2n) is 7.00. The Morgan fingerprint density at radius 3 is 2.50 bits per heavy atom. The zero-order valence-electron chi connectivity index (χ0n) is 14.1. The summed E-state index contributed by atoms with van der Waals surface area (Å²) in [5, 5.41) is 32.1. The molecule has 3 atom stereocenters. The van der Waals surface area contributed by atoms with E-state index < -0.39 is 12.1 Å². The molecule has 5 nitrogen and oxygen atoms in total. The van der Waals surface area contributed by atoms with Crippen LogP contribution in [0.1, 0.15) is 23.1 Å². The third kappa shape index (κ3) is 2.43. The summed E-state index contributed by atoms with van der Waals surface area (Å²) >= 11 is 0. The summed E-state index contributed by atoms with van der Waals surface area (Å²) in [6, 6.07) is 17.6. The number of nitriles is 1. The number of benzene rings is 2. The van der Waals surface area contributed by atoms with Gasteiger partial charge in [-0.15, -0.1) is 0 Å². The SMILES string of the molecule is N#Cc1ccc(C[N@@+]23C[C@H](O)C[C@@H]2C([O-])=C(c2ccccc2)C3=O)cc1. The molecule has 2 aromatic rings. The predicted molar refractivity (Wildman–Crippen MR) is 92.8 cm³/mol. The fourth-order valence-corrected chi connectivity index (χ4v) is 4.22. The Morgan fingerprint density at radius 2 is 1.85 bits per heavy atom. The van der Waals surface area contributed by atoms with Gasteiger partial charge in [-0.1, -0.05) is 48.2 Å². The summed E-state index contributed by atoms with van der Waals surface area (Å²) in [6.45, 7) is 0.583. The third-order valence-corrected chi connectivity index (χ3v) is 5.41. The van der Waals surface area contributed by atoms with Crippen LogP contribution in [0.3, 0.4) is 0 Å². The lowest BCUT2D eigenvalue weighted by Crippen LogP contribution is -2.53. The molecule has 2 aromatic carbocycles. The predicted octanol–water partition coefficient (Wildman–Crippen LogP) is 1.32. The van der Waals surface area contributed by atoms with Gasteiger partial charge < -0.3 is 10.2 Å². The summed E-state index contributed by atoms with van der Waals surface area (Å²) < 4.78 is -0.0594. The minimum atomic E-state index is -0.663. The lowest BCUT2D eigenvalue weighted by Gasteiger charge is -2.34. The molecule has 5 heteroatoms. The molecule has 0 radical (unpaired) electrons. The van der Waals surface area contributed by atoms with Crippen molar-refractivity contribution in [2.24, 2.45) is 0 Å². The highest BCUT2D eigenvalue weighted by Gasteiger charge is 2.57. The van der Waals surface area contributed by atoms with Crippen LogP contribution in [-0.4, -0.2) is 34.2 Å². The molecule has 4 rings (SSSR count). The molecule has 0 aromatic heterocycles. The van der Waals surface area contributed by atoms with Crippen LogP contribution in [0.15, 0.2) is 60.4 Å². The van der Waals surface area contributed by atoms with Crippen molar-refractivity contribution in [3.63, 3.8) is 0 Å². The number of aliphatic hydroxyl groups is 1. The summed E-state index contributed by atoms with van der Waals surface area (Å²) in [6.07, 6.45) is -0.361. The minimum absolute atomic E-state index is 0.0594. The van der Waals surface area contributed by atoms with Gasteiger partial charge in [-0.2, -0.15) is 5.26 Å². The minimum Gasteiger partial charge on any atom is -0.871 e. The van der Waals surface area contributed by atoms with Gasteiger partial charge in [0, 0.05) is 12.0 Å². The number of amides is 1. The zero-order valence-corrected chi connectivity index (χ0v) is 14.1. The normalized spacial score (nSPS) is 27.5. The average Bonchev–Trinajstić information content (AvgIpc) is 3.08. The number of hydrogen-bond donors (Lipinski definition) is 1. The fraction of sp³-hybridized carbons (Fsp3) is 0.238. The monoisotopic (exact) mass is 346 g/mol. The highest BCUT2D eigenvalue weighted by Crippen LogP contribution is 2.44. The molecule has 0 aliphatic carbocycles. The van der Waals surface area contributed by atoms with Crippen molar-refractivity contribution in [1.29, 1.82) is 5.26 Å². The number of hydrogen-bond acceptors (Lipinski definition) is 4. The lowest BCUT2D eigenvalue weighted by atomic mass is 10.0. The van der Waals surface area contributed by atoms with Crippen LogP contribution in [0, 0.1) is 11.3 Å². The van der Waals surface area contributed by atoms with Gasteiger partial charge >= 0.3 is 5.91 Å². The smallest absolute Gasteiger partial charge is 0.346 e. The van der Waals surface area contributed by atoms with E-state index in [1.807, 2.05) is 30.3 Å². The van der Waals surface area contributed by atoms with Crippen molar-refractivity contribution < 1.29 is 19.5 Å². The molecule has 26 heavy (non-hydrogen) atoms. The summed E-state index contributed by atoms with van der Waals surface area (Å²) in [7, 11) is 0. The first-order chi connectivity index (χ1) is 12.5. The van der Waals surface area contributed by atoms with Gasteiger partial charge in [0.1, 0.15) is 25.2 Å². The summed E-state index contributed by atoms with van der Waals surface area (Å²) in [5.41, 5.74) is 2.31. The first-order valence-corrected chi connectivity index (χ1v) is 8.60. The van der Waals surface area contributed by atoms with Crippen molar-refractivity contribution >= 4 is 11.5 Å². The van der Waals surface area contributed by atoms with Crippen LogP contribution in [-0.2, 0) is 11.3 Å². The summed E-state index contributed by atoms with van der Waals surface area (Å²) in [5.74, 6) is -0.390. The molecule has 130 valence electrons. The standard InChI is InChI=1S/C21H18N2O3/c22-11-14-6-8-15(9-7-14)12-23-13-17(24)10-18(23)20(25)19(21(23)26)16-4-2-1-3-5-16/h1-9,17-18,24H,10,12-13H2/t17-,18-,23-/m1/s1. The molecule has 1 saturated heterocycles. The Bertz CT molecular complexity index is 928. The second-order valence-corrected chi connectivity index (χ2v) is 7.00. The van der Waals surface area contributed by atoms with E-state index in [0.29, 0.717) is 24.1 Å². The molecule has 0 saturated carbocycles. The number of nitrogens with zero attached hydrogens (tertiary/aromatic N) is 2. The molecule has 2 heterocycles. The number of fused-ring (bicyclic) bond motifs is 1. The molecule has 0 spiro atoms. The van der Waals surface area contributed by atoms with Crippen molar-refractivity contribution in [3.05, 3.63) is 77.0 Å². The van der Waals surface area contributed by atoms with Crippen LogP contribution < -0.4 is 5.11 Å². The van der Waals surface area contributed by atoms with Gasteiger partial charge in [-0.05, 0) is 17.7 Å². The molecule has 2 aliphatic rings. The van der Waals surface area contributed by atoms with E-state index in [1.54, 1.807) is 24.3 Å². The molecule has 1 amide bonds. The number of rotatable bonds is 3. The summed E-state index contributed by atoms with van der Waals surface area (Å²) in [4.78, 5) is 13.3. The molecular formula is C21H18N2O3. The van der Waals surface area contributed by atoms with Gasteiger partial charge in [0.2, 0.25) is 0 Å². The maximum Gasteiger partial charge on any atom is 0.346 e. The fourth-order valence-electron chi connectivity index (χ4n) is 4.22. The second kappa shape index (κ2) is 6.10. The van der Waals surface area contributed by atoms with Crippen LogP contribution in [0.5, 0.6) is 0 Å². The third-order valence-electron chi connectivity index (χ3n) is 5.41. The molecule has 1 fully saturated rings. The van der Waals surface area contributed by atoms with Crippen LogP contribution in [0.4, 0.5) is 0 Å². The highest BCUT2D eigenvalue weighted by atomic mass is 16.3. The molecule has 0 unspecified atom stereocenters. The molecule has 2 aliphatic heterocycles. The maximum absolute atomic E-state index is 13.3. The van der Waals surface area contributed by atoms with Crippen molar-refractivity contribution in [3.8, 4) is 6.07 Å². The van der Waals surface area contributed by atoms with E-state index in [1.165, 1.54) is 0 Å². The lowest BCUT2D eigenvalue weighted by molar-refractivity contribution is -0.873. The first kappa shape index (κ1) is 16.5. The number of aliphatic hydroxyl groups excluding tert-OH is 1. The van der Waals surface area contributed by atoms with E-state index in [-0.39, 0.29) is 28.3 Å². The quantitative estimate of drug-likeness (QED) is 0.850. The largest absolute Gasteiger partial charge is 0.871 e. The molecule has 0 bridgehead atoms. The average molecular weight is 346 g/mol. The number of carbonyl (C=O) groups excluding carboxylic acids is 1. The topological polar surface area (TPSA) is 84.2 Å². The molecule has 1 N–H and O–H groups in total. The Balaban J connectivity index is 1.74. The van der Waals surface area contributed by atoms with E-state index in [2.05, 4.69) is 6.07 Å². The van der Waals surface area contributed by atoms with Gasteiger partial charge in [0.05, 0.1) is 17.2 Å². The Hall–Kier alpha value is -2.94. The van der Waals surface area contributed by atoms with E-state index in [0.717, 1.165) is 5.56 Å². The van der Waals surface area contributed by atoms with Crippen molar-refractivity contribution in [1.82, 2.24) is 0 Å². The Morgan fingerprint density at radius 1 is 1.15 bits per heavy atom. The van der Waals surface area contributed by atoms with Crippen LogP contribution in [0.2, 0.25) is 0 Å².